The molecule has 4 rings (SSSR count). The summed E-state index contributed by atoms with van der Waals surface area (Å²) >= 11 is 0. The molecule has 4 nitrogen and oxygen atoms in total. The predicted octanol–water partition coefficient (Wildman–Crippen LogP) is 4.52. The largest absolute Gasteiger partial charge is 0.507 e. The maximum atomic E-state index is 10.5. The van der Waals surface area contributed by atoms with Crippen molar-refractivity contribution < 1.29 is 19.7 Å². The van der Waals surface area contributed by atoms with Crippen LogP contribution in [0.25, 0.3) is 10.8 Å². The lowest BCUT2D eigenvalue weighted by Crippen LogP contribution is -2.16. The quantitative estimate of drug-likeness (QED) is 0.729. The molecule has 3 aromatic rings. The Morgan fingerprint density at radius 1 is 0.846 bits per heavy atom. The minimum absolute atomic E-state index is 0.0831. The van der Waals surface area contributed by atoms with Gasteiger partial charge in [-0.3, -0.25) is 0 Å². The summed E-state index contributed by atoms with van der Waals surface area (Å²) in [6.45, 7) is 0. The summed E-state index contributed by atoms with van der Waals surface area (Å²) in [5, 5.41) is 22.5. The molecular weight excluding hydrogens is 328 g/mol. The highest BCUT2D eigenvalue weighted by molar-refractivity contribution is 5.96. The standard InChI is InChI=1S/C22H22O4/c1-25-19-7-4-6-16-17(23)11-10-15(21(16)19)13-9-12-18(24)22-14(13)5-3-8-20(22)26-2/h3-9,12,15,17,23-24H,10-11H2,1-2H3/t15-,17-/m0/s1. The lowest BCUT2D eigenvalue weighted by Gasteiger charge is -2.31. The van der Waals surface area contributed by atoms with Crippen LogP contribution in [0.5, 0.6) is 17.2 Å². The van der Waals surface area contributed by atoms with Gasteiger partial charge in [0, 0.05) is 11.5 Å². The predicted molar refractivity (Wildman–Crippen MR) is 101 cm³/mol. The fraction of sp³-hybridized carbons (Fsp3) is 0.273. The molecule has 3 aromatic carbocycles. The maximum Gasteiger partial charge on any atom is 0.130 e. The molecular formula is C22H22O4. The molecule has 0 bridgehead atoms. The highest BCUT2D eigenvalue weighted by Crippen LogP contribution is 2.48. The molecule has 1 aliphatic rings. The third-order valence-electron chi connectivity index (χ3n) is 5.37. The number of hydrogen-bond acceptors (Lipinski definition) is 4. The topological polar surface area (TPSA) is 58.9 Å². The number of phenolic OH excluding ortho intramolecular Hbond substituents is 1. The molecule has 2 atom stereocenters. The van der Waals surface area contributed by atoms with Crippen molar-refractivity contribution in [2.45, 2.75) is 24.9 Å². The maximum absolute atomic E-state index is 10.5. The molecule has 0 heterocycles. The van der Waals surface area contributed by atoms with Gasteiger partial charge in [0.2, 0.25) is 0 Å². The summed E-state index contributed by atoms with van der Waals surface area (Å²) in [6, 6.07) is 15.3. The van der Waals surface area contributed by atoms with Gasteiger partial charge in [-0.25, -0.2) is 0 Å². The zero-order chi connectivity index (χ0) is 18.3. The van der Waals surface area contributed by atoms with Crippen LogP contribution >= 0.6 is 0 Å². The third-order valence-corrected chi connectivity index (χ3v) is 5.37. The van der Waals surface area contributed by atoms with E-state index in [2.05, 4.69) is 0 Å². The van der Waals surface area contributed by atoms with Gasteiger partial charge >= 0.3 is 0 Å². The zero-order valence-electron chi connectivity index (χ0n) is 14.9. The van der Waals surface area contributed by atoms with Crippen LogP contribution in [0, 0.1) is 0 Å². The molecule has 0 aromatic heterocycles. The van der Waals surface area contributed by atoms with Crippen LogP contribution in [0.15, 0.2) is 48.5 Å². The molecule has 0 fully saturated rings. The SMILES string of the molecule is COc1cccc2c1[C@H](c1ccc(O)c3c(OC)cccc13)CC[C@@H]2O. The van der Waals surface area contributed by atoms with Crippen molar-refractivity contribution in [3.05, 3.63) is 65.2 Å². The summed E-state index contributed by atoms with van der Waals surface area (Å²) in [4.78, 5) is 0. The number of hydrogen-bond donors (Lipinski definition) is 2. The van der Waals surface area contributed by atoms with E-state index in [4.69, 9.17) is 9.47 Å². The average molecular weight is 350 g/mol. The Kier molecular flexibility index (Phi) is 4.21. The fourth-order valence-corrected chi connectivity index (χ4v) is 4.19. The van der Waals surface area contributed by atoms with E-state index in [0.717, 1.165) is 39.6 Å². The molecule has 134 valence electrons. The molecule has 2 N–H and O–H groups in total. The van der Waals surface area contributed by atoms with Crippen molar-refractivity contribution >= 4 is 10.8 Å². The van der Waals surface area contributed by atoms with Crippen LogP contribution in [0.3, 0.4) is 0 Å². The first-order chi connectivity index (χ1) is 12.7. The van der Waals surface area contributed by atoms with Gasteiger partial charge in [-0.05, 0) is 47.6 Å². The minimum Gasteiger partial charge on any atom is -0.507 e. The zero-order valence-corrected chi connectivity index (χ0v) is 14.9. The molecule has 0 spiro atoms. The van der Waals surface area contributed by atoms with Crippen LogP contribution < -0.4 is 9.47 Å². The van der Waals surface area contributed by atoms with E-state index in [0.29, 0.717) is 12.2 Å². The summed E-state index contributed by atoms with van der Waals surface area (Å²) in [5.74, 6) is 1.73. The Balaban J connectivity index is 1.99. The average Bonchev–Trinajstić information content (AvgIpc) is 2.68. The van der Waals surface area contributed by atoms with E-state index in [9.17, 15) is 10.2 Å². The van der Waals surface area contributed by atoms with Crippen LogP contribution in [-0.2, 0) is 0 Å². The molecule has 0 unspecified atom stereocenters. The minimum atomic E-state index is -0.478. The first-order valence-electron chi connectivity index (χ1n) is 8.79. The molecule has 4 heteroatoms. The Morgan fingerprint density at radius 3 is 2.35 bits per heavy atom. The summed E-state index contributed by atoms with van der Waals surface area (Å²) in [6.07, 6.45) is 1.03. The molecule has 0 saturated heterocycles. The number of aliphatic hydroxyl groups is 1. The van der Waals surface area contributed by atoms with Gasteiger partial charge in [0.25, 0.3) is 0 Å². The van der Waals surface area contributed by atoms with E-state index in [1.165, 1.54) is 0 Å². The number of aromatic hydroxyl groups is 1. The summed E-state index contributed by atoms with van der Waals surface area (Å²) < 4.78 is 11.1. The summed E-state index contributed by atoms with van der Waals surface area (Å²) in [7, 11) is 3.27. The van der Waals surface area contributed by atoms with Crippen molar-refractivity contribution in [2.75, 3.05) is 14.2 Å². The Morgan fingerprint density at radius 2 is 1.58 bits per heavy atom. The number of methoxy groups -OCH3 is 2. The Hall–Kier alpha value is -2.72. The highest BCUT2D eigenvalue weighted by atomic mass is 16.5. The van der Waals surface area contributed by atoms with Gasteiger partial charge in [-0.15, -0.1) is 0 Å². The van der Waals surface area contributed by atoms with E-state index in [-0.39, 0.29) is 11.7 Å². The van der Waals surface area contributed by atoms with Crippen LogP contribution in [0.4, 0.5) is 0 Å². The van der Waals surface area contributed by atoms with E-state index >= 15 is 0 Å². The Bertz CT molecular complexity index is 964. The van der Waals surface area contributed by atoms with Crippen LogP contribution in [0.2, 0.25) is 0 Å². The second kappa shape index (κ2) is 6.54. The fourth-order valence-electron chi connectivity index (χ4n) is 4.19. The number of aliphatic hydroxyl groups excluding tert-OH is 1. The molecule has 0 aliphatic heterocycles. The highest BCUT2D eigenvalue weighted by Gasteiger charge is 2.31. The number of fused-ring (bicyclic) bond motifs is 2. The van der Waals surface area contributed by atoms with Crippen molar-refractivity contribution in [3.8, 4) is 17.2 Å². The summed E-state index contributed by atoms with van der Waals surface area (Å²) in [5.41, 5.74) is 3.06. The molecule has 0 radical (unpaired) electrons. The second-order valence-corrected chi connectivity index (χ2v) is 6.67. The molecule has 0 saturated carbocycles. The van der Waals surface area contributed by atoms with Crippen molar-refractivity contribution in [2.24, 2.45) is 0 Å². The van der Waals surface area contributed by atoms with E-state index in [1.54, 1.807) is 20.3 Å². The van der Waals surface area contributed by atoms with Crippen LogP contribution in [-0.4, -0.2) is 24.4 Å². The first-order valence-corrected chi connectivity index (χ1v) is 8.79. The first kappa shape index (κ1) is 16.7. The monoisotopic (exact) mass is 350 g/mol. The van der Waals surface area contributed by atoms with E-state index in [1.807, 2.05) is 42.5 Å². The smallest absolute Gasteiger partial charge is 0.130 e. The van der Waals surface area contributed by atoms with Gasteiger partial charge in [-0.2, -0.15) is 0 Å². The van der Waals surface area contributed by atoms with Crippen LogP contribution in [0.1, 0.15) is 41.6 Å². The third kappa shape index (κ3) is 2.49. The lowest BCUT2D eigenvalue weighted by molar-refractivity contribution is 0.152. The van der Waals surface area contributed by atoms with E-state index < -0.39 is 6.10 Å². The van der Waals surface area contributed by atoms with Crippen molar-refractivity contribution in [1.82, 2.24) is 0 Å². The van der Waals surface area contributed by atoms with Gasteiger partial charge in [0.05, 0.1) is 25.7 Å². The number of benzene rings is 3. The number of ether oxygens (including phenoxy) is 2. The number of phenols is 1. The Labute approximate surface area is 152 Å². The molecule has 1 aliphatic carbocycles. The van der Waals surface area contributed by atoms with Crippen molar-refractivity contribution in [1.29, 1.82) is 0 Å². The van der Waals surface area contributed by atoms with Gasteiger partial charge in [0.15, 0.2) is 0 Å². The van der Waals surface area contributed by atoms with Crippen molar-refractivity contribution in [3.63, 3.8) is 0 Å². The van der Waals surface area contributed by atoms with Gasteiger partial charge in [-0.1, -0.05) is 30.3 Å². The van der Waals surface area contributed by atoms with Gasteiger partial charge in [0.1, 0.15) is 17.2 Å². The second-order valence-electron chi connectivity index (χ2n) is 6.67. The number of rotatable bonds is 3. The molecule has 26 heavy (non-hydrogen) atoms. The molecule has 0 amide bonds. The lowest BCUT2D eigenvalue weighted by atomic mass is 9.76. The normalized spacial score (nSPS) is 19.2. The van der Waals surface area contributed by atoms with Gasteiger partial charge < -0.3 is 19.7 Å².